The lowest BCUT2D eigenvalue weighted by Crippen LogP contribution is -2.33. The van der Waals surface area contributed by atoms with Crippen molar-refractivity contribution in [1.82, 2.24) is 10.3 Å². The van der Waals surface area contributed by atoms with Gasteiger partial charge in [0.25, 0.3) is 0 Å². The molecule has 3 aromatic heterocycles. The first-order valence-electron chi connectivity index (χ1n) is 15.3. The van der Waals surface area contributed by atoms with Crippen LogP contribution in [-0.2, 0) is 0 Å². The molecular weight excluding hydrogens is 568 g/mol. The van der Waals surface area contributed by atoms with Crippen molar-refractivity contribution in [2.24, 2.45) is 9.98 Å². The van der Waals surface area contributed by atoms with E-state index in [2.05, 4.69) is 83.1 Å². The van der Waals surface area contributed by atoms with Crippen molar-refractivity contribution in [3.05, 3.63) is 150 Å². The first-order valence-corrected chi connectivity index (χ1v) is 15.3. The zero-order valence-corrected chi connectivity index (χ0v) is 24.4. The number of nitrogens with zero attached hydrogens (tertiary/aromatic N) is 3. The standard InChI is InChI=1S/C40H24N4O2/c1-2-8-24-19-26(16-15-23(24)7-1)38-42-39(29-10-5-13-33-36(29)28-9-3-4-12-32(28)45-33)44-40(43-38)30-11-6-14-34-37(30)31-20-25-17-18-41-22-27(25)21-35(31)46-34/h1-22,40H,(H,42,43,44). The van der Waals surface area contributed by atoms with E-state index in [1.165, 1.54) is 5.39 Å². The van der Waals surface area contributed by atoms with Gasteiger partial charge in [-0.05, 0) is 58.6 Å². The third-order valence-electron chi connectivity index (χ3n) is 8.99. The predicted octanol–water partition coefficient (Wildman–Crippen LogP) is 9.68. The molecule has 1 aliphatic heterocycles. The van der Waals surface area contributed by atoms with Crippen molar-refractivity contribution in [3.63, 3.8) is 0 Å². The Balaban J connectivity index is 1.22. The van der Waals surface area contributed by atoms with Crippen molar-refractivity contribution >= 4 is 77.1 Å². The van der Waals surface area contributed by atoms with E-state index >= 15 is 0 Å². The molecule has 0 saturated carbocycles. The predicted molar refractivity (Wildman–Crippen MR) is 186 cm³/mol. The van der Waals surface area contributed by atoms with Gasteiger partial charge in [0.05, 0.1) is 0 Å². The summed E-state index contributed by atoms with van der Waals surface area (Å²) < 4.78 is 12.7. The lowest BCUT2D eigenvalue weighted by molar-refractivity contribution is 0.662. The molecule has 1 atom stereocenters. The number of hydrogen-bond donors (Lipinski definition) is 1. The molecule has 1 unspecified atom stereocenters. The van der Waals surface area contributed by atoms with Gasteiger partial charge in [-0.1, -0.05) is 78.9 Å². The zero-order chi connectivity index (χ0) is 30.2. The van der Waals surface area contributed by atoms with Gasteiger partial charge in [-0.25, -0.2) is 9.98 Å². The van der Waals surface area contributed by atoms with E-state index in [1.807, 2.05) is 60.9 Å². The van der Waals surface area contributed by atoms with Gasteiger partial charge < -0.3 is 14.2 Å². The Morgan fingerprint density at radius 3 is 2.30 bits per heavy atom. The Hall–Kier alpha value is -6.27. The van der Waals surface area contributed by atoms with E-state index < -0.39 is 6.17 Å². The molecule has 0 amide bonds. The molecule has 6 heteroatoms. The molecule has 0 aliphatic carbocycles. The van der Waals surface area contributed by atoms with Crippen LogP contribution in [0.4, 0.5) is 0 Å². The van der Waals surface area contributed by atoms with Crippen LogP contribution in [0.3, 0.4) is 0 Å². The third-order valence-corrected chi connectivity index (χ3v) is 8.99. The fraction of sp³-hybridized carbons (Fsp3) is 0.0250. The molecule has 0 spiro atoms. The number of rotatable bonds is 3. The monoisotopic (exact) mass is 592 g/mol. The highest BCUT2D eigenvalue weighted by atomic mass is 16.3. The van der Waals surface area contributed by atoms with Crippen LogP contribution in [0.25, 0.3) is 65.4 Å². The van der Waals surface area contributed by atoms with Crippen LogP contribution in [0.5, 0.6) is 0 Å². The van der Waals surface area contributed by atoms with Crippen LogP contribution in [-0.4, -0.2) is 16.7 Å². The molecule has 1 aliphatic rings. The van der Waals surface area contributed by atoms with Gasteiger partial charge in [0.15, 0.2) is 5.84 Å². The molecule has 0 radical (unpaired) electrons. The molecule has 6 aromatic carbocycles. The summed E-state index contributed by atoms with van der Waals surface area (Å²) in [6.45, 7) is 0. The number of amidine groups is 2. The number of aromatic nitrogens is 1. The number of hydrogen-bond acceptors (Lipinski definition) is 6. The molecule has 216 valence electrons. The van der Waals surface area contributed by atoms with Crippen molar-refractivity contribution < 1.29 is 8.83 Å². The van der Waals surface area contributed by atoms with Crippen molar-refractivity contribution in [2.75, 3.05) is 0 Å². The topological polar surface area (TPSA) is 75.9 Å². The van der Waals surface area contributed by atoms with Crippen LogP contribution < -0.4 is 5.32 Å². The molecule has 10 rings (SSSR count). The lowest BCUT2D eigenvalue weighted by Gasteiger charge is -2.24. The summed E-state index contributed by atoms with van der Waals surface area (Å²) in [5, 5.41) is 12.3. The van der Waals surface area contributed by atoms with Crippen LogP contribution in [0.15, 0.2) is 153 Å². The normalized spacial score (nSPS) is 15.2. The second-order valence-corrected chi connectivity index (χ2v) is 11.7. The quantitative estimate of drug-likeness (QED) is 0.222. The average molecular weight is 593 g/mol. The Labute approximate surface area is 262 Å². The number of benzene rings is 6. The number of fused-ring (bicyclic) bond motifs is 8. The van der Waals surface area contributed by atoms with E-state index in [-0.39, 0.29) is 0 Å². The van der Waals surface area contributed by atoms with Gasteiger partial charge in [0.2, 0.25) is 0 Å². The smallest absolute Gasteiger partial charge is 0.160 e. The summed E-state index contributed by atoms with van der Waals surface area (Å²) in [6, 6.07) is 41.5. The lowest BCUT2D eigenvalue weighted by atomic mass is 10.0. The van der Waals surface area contributed by atoms with E-state index in [1.54, 1.807) is 0 Å². The second kappa shape index (κ2) is 9.61. The van der Waals surface area contributed by atoms with Crippen LogP contribution >= 0.6 is 0 Å². The molecule has 6 nitrogen and oxygen atoms in total. The summed E-state index contributed by atoms with van der Waals surface area (Å²) in [7, 11) is 0. The number of aliphatic imine (C=N–C) groups is 2. The van der Waals surface area contributed by atoms with Gasteiger partial charge in [-0.2, -0.15) is 0 Å². The largest absolute Gasteiger partial charge is 0.456 e. The van der Waals surface area contributed by atoms with Gasteiger partial charge in [0, 0.05) is 56.0 Å². The number of pyridine rings is 1. The molecule has 0 bridgehead atoms. The Morgan fingerprint density at radius 1 is 0.565 bits per heavy atom. The maximum absolute atomic E-state index is 6.41. The number of para-hydroxylation sites is 1. The van der Waals surface area contributed by atoms with Gasteiger partial charge in [-0.15, -0.1) is 0 Å². The summed E-state index contributed by atoms with van der Waals surface area (Å²) in [6.07, 6.45) is 3.26. The molecule has 0 saturated heterocycles. The average Bonchev–Trinajstić information content (AvgIpc) is 3.68. The summed E-state index contributed by atoms with van der Waals surface area (Å²) in [5.74, 6) is 1.40. The van der Waals surface area contributed by atoms with Gasteiger partial charge in [-0.3, -0.25) is 4.98 Å². The van der Waals surface area contributed by atoms with Crippen molar-refractivity contribution in [1.29, 1.82) is 0 Å². The molecule has 1 N–H and O–H groups in total. The highest BCUT2D eigenvalue weighted by Gasteiger charge is 2.26. The molecular formula is C40H24N4O2. The second-order valence-electron chi connectivity index (χ2n) is 11.7. The fourth-order valence-corrected chi connectivity index (χ4v) is 6.84. The Kier molecular flexibility index (Phi) is 5.25. The van der Waals surface area contributed by atoms with Crippen LogP contribution in [0, 0.1) is 0 Å². The number of nitrogens with one attached hydrogen (secondary N) is 1. The zero-order valence-electron chi connectivity index (χ0n) is 24.4. The summed E-state index contributed by atoms with van der Waals surface area (Å²) in [4.78, 5) is 14.8. The van der Waals surface area contributed by atoms with Crippen molar-refractivity contribution in [3.8, 4) is 0 Å². The highest BCUT2D eigenvalue weighted by Crippen LogP contribution is 2.38. The van der Waals surface area contributed by atoms with Crippen LogP contribution in [0.2, 0.25) is 0 Å². The minimum atomic E-state index is -0.431. The Morgan fingerprint density at radius 2 is 1.35 bits per heavy atom. The number of furan rings is 2. The summed E-state index contributed by atoms with van der Waals surface area (Å²) in [5.41, 5.74) is 6.21. The Bertz CT molecular complexity index is 2750. The minimum Gasteiger partial charge on any atom is -0.456 e. The maximum Gasteiger partial charge on any atom is 0.160 e. The van der Waals surface area contributed by atoms with E-state index in [0.717, 1.165) is 82.6 Å². The first-order chi connectivity index (χ1) is 22.8. The fourth-order valence-electron chi connectivity index (χ4n) is 6.84. The van der Waals surface area contributed by atoms with Gasteiger partial charge >= 0.3 is 0 Å². The molecule has 46 heavy (non-hydrogen) atoms. The van der Waals surface area contributed by atoms with Crippen molar-refractivity contribution in [2.45, 2.75) is 6.17 Å². The van der Waals surface area contributed by atoms with E-state index in [9.17, 15) is 0 Å². The highest BCUT2D eigenvalue weighted by molar-refractivity contribution is 6.22. The maximum atomic E-state index is 6.41. The SMILES string of the molecule is c1ccc2cc(C3=NC(c4cccc5oc6ccccc6c45)=NC(c4cccc5oc6cc7cnccc7cc6c45)N3)ccc2c1. The third kappa shape index (κ3) is 3.80. The van der Waals surface area contributed by atoms with E-state index in [4.69, 9.17) is 18.8 Å². The molecule has 0 fully saturated rings. The molecule has 4 heterocycles. The van der Waals surface area contributed by atoms with E-state index in [0.29, 0.717) is 5.84 Å². The first kappa shape index (κ1) is 25.1. The minimum absolute atomic E-state index is 0.431. The van der Waals surface area contributed by atoms with Gasteiger partial charge in [0.1, 0.15) is 34.3 Å². The molecule has 9 aromatic rings. The summed E-state index contributed by atoms with van der Waals surface area (Å²) >= 11 is 0. The van der Waals surface area contributed by atoms with Crippen LogP contribution in [0.1, 0.15) is 22.9 Å².